The number of benzene rings is 2. The summed E-state index contributed by atoms with van der Waals surface area (Å²) < 4.78 is 38.4. The van der Waals surface area contributed by atoms with Gasteiger partial charge in [-0.2, -0.15) is 0 Å². The normalized spacial score (nSPS) is 15.2. The quantitative estimate of drug-likeness (QED) is 0.221. The number of carbonyl (C=O) groups is 2. The molecule has 0 bridgehead atoms. The third-order valence-electron chi connectivity index (χ3n) is 7.64. The molecule has 40 heavy (non-hydrogen) atoms. The van der Waals surface area contributed by atoms with E-state index >= 15 is 0 Å². The molecule has 0 saturated carbocycles. The van der Waals surface area contributed by atoms with Gasteiger partial charge in [0, 0.05) is 35.8 Å². The van der Waals surface area contributed by atoms with Crippen LogP contribution in [0.4, 0.5) is 8.78 Å². The van der Waals surface area contributed by atoms with Crippen molar-refractivity contribution in [1.82, 2.24) is 0 Å². The van der Waals surface area contributed by atoms with Gasteiger partial charge in [0.1, 0.15) is 23.8 Å². The fourth-order valence-electron chi connectivity index (χ4n) is 4.78. The first kappa shape index (κ1) is 33.4. The summed E-state index contributed by atoms with van der Waals surface area (Å²) in [4.78, 5) is 26.2. The number of hydrogen-bond acceptors (Lipinski definition) is 6. The molecule has 0 aliphatic rings. The molecule has 0 heterocycles. The highest BCUT2D eigenvalue weighted by molar-refractivity contribution is 6.29. The maximum atomic E-state index is 13.4. The predicted octanol–water partition coefficient (Wildman–Crippen LogP) is 5.88. The summed E-state index contributed by atoms with van der Waals surface area (Å²) in [6.45, 7) is 11.6. The average molecular weight is 561 g/mol. The van der Waals surface area contributed by atoms with Gasteiger partial charge in [-0.15, -0.1) is 0 Å². The molecule has 4 atom stereocenters. The summed E-state index contributed by atoms with van der Waals surface area (Å²) in [5.41, 5.74) is 13.0. The molecule has 0 saturated heterocycles. The second-order valence-electron chi connectivity index (χ2n) is 12.2. The van der Waals surface area contributed by atoms with Crippen molar-refractivity contribution in [3.05, 3.63) is 71.3 Å². The zero-order valence-electron chi connectivity index (χ0n) is 24.7. The molecule has 6 nitrogen and oxygen atoms in total. The van der Waals surface area contributed by atoms with Crippen molar-refractivity contribution in [1.29, 1.82) is 0 Å². The van der Waals surface area contributed by atoms with Crippen LogP contribution in [0.5, 0.6) is 0 Å². The number of nitrogens with two attached hydrogens (primary N) is 2. The lowest BCUT2D eigenvalue weighted by Crippen LogP contribution is -2.44. The van der Waals surface area contributed by atoms with E-state index in [4.69, 9.17) is 20.9 Å². The minimum atomic E-state index is -1.09. The van der Waals surface area contributed by atoms with Gasteiger partial charge >= 0.3 is 11.9 Å². The maximum absolute atomic E-state index is 13.4. The standard InChI is InChI=1S/C32H46F2N2O4/c1-7-25(35)17-27(31(3,4)19-21-9-13-23(33)14-10-21)39-29(37)30(38)40-28(18-26(36)8-2)32(5,6)20-22-11-15-24(34)16-12-22/h9-16,25-28H,7-8,17-20,35-36H2,1-6H3. The SMILES string of the molecule is CCC(N)CC(OC(=O)C(=O)OC(CC(N)CC)C(C)(C)Cc1ccc(F)cc1)C(C)(C)Cc1ccc(F)cc1. The Kier molecular flexibility index (Phi) is 12.3. The monoisotopic (exact) mass is 560 g/mol. The fraction of sp³-hybridized carbons (Fsp3) is 0.562. The molecule has 2 rings (SSSR count). The largest absolute Gasteiger partial charge is 0.453 e. The van der Waals surface area contributed by atoms with Crippen LogP contribution in [0.15, 0.2) is 48.5 Å². The van der Waals surface area contributed by atoms with Gasteiger partial charge in [0.25, 0.3) is 0 Å². The molecule has 0 aliphatic carbocycles. The molecule has 2 aromatic carbocycles. The second-order valence-corrected chi connectivity index (χ2v) is 12.2. The molecule has 222 valence electrons. The summed E-state index contributed by atoms with van der Waals surface area (Å²) in [5.74, 6) is -2.85. The smallest absolute Gasteiger partial charge is 0.417 e. The van der Waals surface area contributed by atoms with E-state index in [1.807, 2.05) is 41.5 Å². The molecule has 0 spiro atoms. The Labute approximate surface area is 237 Å². The van der Waals surface area contributed by atoms with Crippen LogP contribution in [-0.4, -0.2) is 36.2 Å². The molecule has 8 heteroatoms. The minimum absolute atomic E-state index is 0.244. The van der Waals surface area contributed by atoms with Crippen molar-refractivity contribution < 1.29 is 27.8 Å². The van der Waals surface area contributed by atoms with Gasteiger partial charge in [-0.25, -0.2) is 18.4 Å². The van der Waals surface area contributed by atoms with Gasteiger partial charge in [0.15, 0.2) is 0 Å². The van der Waals surface area contributed by atoms with Crippen LogP contribution in [0.2, 0.25) is 0 Å². The van der Waals surface area contributed by atoms with Crippen LogP contribution < -0.4 is 11.5 Å². The summed E-state index contributed by atoms with van der Waals surface area (Å²) in [5, 5.41) is 0. The Morgan fingerprint density at radius 1 is 0.675 bits per heavy atom. The molecule has 0 aliphatic heterocycles. The molecular weight excluding hydrogens is 514 g/mol. The molecule has 0 amide bonds. The zero-order valence-corrected chi connectivity index (χ0v) is 24.7. The minimum Gasteiger partial charge on any atom is -0.453 e. The van der Waals surface area contributed by atoms with E-state index in [0.29, 0.717) is 38.5 Å². The Morgan fingerprint density at radius 2 is 0.975 bits per heavy atom. The fourth-order valence-corrected chi connectivity index (χ4v) is 4.78. The summed E-state index contributed by atoms with van der Waals surface area (Å²) in [7, 11) is 0. The van der Waals surface area contributed by atoms with Crippen molar-refractivity contribution >= 4 is 11.9 Å². The van der Waals surface area contributed by atoms with Crippen molar-refractivity contribution in [2.75, 3.05) is 0 Å². The summed E-state index contributed by atoms with van der Waals surface area (Å²) in [6.07, 6.45) is 1.63. The maximum Gasteiger partial charge on any atom is 0.417 e. The van der Waals surface area contributed by atoms with Crippen LogP contribution in [0.1, 0.15) is 78.4 Å². The lowest BCUT2D eigenvalue weighted by molar-refractivity contribution is -0.181. The number of hydrogen-bond donors (Lipinski definition) is 2. The number of rotatable bonds is 14. The van der Waals surface area contributed by atoms with Crippen LogP contribution in [0.3, 0.4) is 0 Å². The first-order chi connectivity index (χ1) is 18.7. The highest BCUT2D eigenvalue weighted by atomic mass is 19.1. The van der Waals surface area contributed by atoms with Crippen molar-refractivity contribution in [2.45, 2.75) is 104 Å². The third-order valence-corrected chi connectivity index (χ3v) is 7.64. The summed E-state index contributed by atoms with van der Waals surface area (Å²) >= 11 is 0. The lowest BCUT2D eigenvalue weighted by Gasteiger charge is -2.37. The van der Waals surface area contributed by atoms with Gasteiger partial charge in [-0.1, -0.05) is 65.8 Å². The highest BCUT2D eigenvalue weighted by Crippen LogP contribution is 2.34. The first-order valence-corrected chi connectivity index (χ1v) is 14.1. The van der Waals surface area contributed by atoms with Gasteiger partial charge < -0.3 is 20.9 Å². The van der Waals surface area contributed by atoms with E-state index in [2.05, 4.69) is 0 Å². The Morgan fingerprint density at radius 3 is 1.25 bits per heavy atom. The topological polar surface area (TPSA) is 105 Å². The van der Waals surface area contributed by atoms with Crippen LogP contribution in [0, 0.1) is 22.5 Å². The van der Waals surface area contributed by atoms with E-state index in [0.717, 1.165) is 11.1 Å². The average Bonchev–Trinajstić information content (AvgIpc) is 2.89. The molecule has 4 unspecified atom stereocenters. The molecule has 4 N–H and O–H groups in total. The van der Waals surface area contributed by atoms with Crippen LogP contribution in [0.25, 0.3) is 0 Å². The van der Waals surface area contributed by atoms with Gasteiger partial charge in [-0.05, 0) is 61.1 Å². The summed E-state index contributed by atoms with van der Waals surface area (Å²) in [6, 6.07) is 11.8. The van der Waals surface area contributed by atoms with Gasteiger partial charge in [0.05, 0.1) is 0 Å². The van der Waals surface area contributed by atoms with E-state index in [1.165, 1.54) is 24.3 Å². The Bertz CT molecular complexity index is 1000. The Hall–Kier alpha value is -2.84. The predicted molar refractivity (Wildman–Crippen MR) is 153 cm³/mol. The second kappa shape index (κ2) is 14.7. The number of esters is 2. The number of ether oxygens (including phenoxy) is 2. The van der Waals surface area contributed by atoms with Crippen LogP contribution in [-0.2, 0) is 31.9 Å². The van der Waals surface area contributed by atoms with Crippen molar-refractivity contribution in [3.63, 3.8) is 0 Å². The molecule has 0 fully saturated rings. The zero-order chi connectivity index (χ0) is 30.1. The van der Waals surface area contributed by atoms with E-state index in [1.54, 1.807) is 24.3 Å². The van der Waals surface area contributed by atoms with Gasteiger partial charge in [-0.3, -0.25) is 0 Å². The van der Waals surface area contributed by atoms with Gasteiger partial charge in [0.2, 0.25) is 0 Å². The van der Waals surface area contributed by atoms with E-state index in [-0.39, 0.29) is 23.7 Å². The van der Waals surface area contributed by atoms with Crippen molar-refractivity contribution in [3.8, 4) is 0 Å². The molecular formula is C32H46F2N2O4. The number of carbonyl (C=O) groups excluding carboxylic acids is 2. The Balaban J connectivity index is 2.22. The van der Waals surface area contributed by atoms with E-state index < -0.39 is 35.0 Å². The highest BCUT2D eigenvalue weighted by Gasteiger charge is 2.39. The molecule has 2 aromatic rings. The molecule has 0 aromatic heterocycles. The van der Waals surface area contributed by atoms with Crippen LogP contribution >= 0.6 is 0 Å². The third kappa shape index (κ3) is 10.3. The van der Waals surface area contributed by atoms with E-state index in [9.17, 15) is 18.4 Å². The lowest BCUT2D eigenvalue weighted by atomic mass is 9.77. The number of halogens is 2. The molecule has 0 radical (unpaired) electrons. The first-order valence-electron chi connectivity index (χ1n) is 14.1. The van der Waals surface area contributed by atoms with Crippen molar-refractivity contribution in [2.24, 2.45) is 22.3 Å².